The van der Waals surface area contributed by atoms with Gasteiger partial charge in [-0.1, -0.05) is 106 Å². The second-order valence-electron chi connectivity index (χ2n) is 11.1. The van der Waals surface area contributed by atoms with Crippen molar-refractivity contribution >= 4 is 6.09 Å². The number of carbonyl (C=O) groups excluding carboxylic acids is 1. The average molecular weight is 520 g/mol. The molecule has 0 aliphatic heterocycles. The third kappa shape index (κ3) is 10.7. The molecule has 6 heteroatoms. The second-order valence-corrected chi connectivity index (χ2v) is 11.1. The highest BCUT2D eigenvalue weighted by molar-refractivity contribution is 5.68. The van der Waals surface area contributed by atoms with Crippen molar-refractivity contribution in [3.63, 3.8) is 0 Å². The molecule has 0 N–H and O–H groups in total. The Morgan fingerprint density at radius 3 is 2.00 bits per heavy atom. The van der Waals surface area contributed by atoms with Crippen molar-refractivity contribution in [2.45, 2.75) is 111 Å². The molecule has 0 aliphatic rings. The van der Waals surface area contributed by atoms with E-state index in [-0.39, 0.29) is 6.09 Å². The van der Waals surface area contributed by atoms with E-state index in [2.05, 4.69) is 17.1 Å². The molecule has 0 spiro atoms. The van der Waals surface area contributed by atoms with E-state index in [0.29, 0.717) is 19.0 Å². The number of aryl methyl sites for hydroxylation is 1. The Morgan fingerprint density at radius 1 is 0.816 bits per heavy atom. The average Bonchev–Trinajstić information content (AvgIpc) is 3.36. The summed E-state index contributed by atoms with van der Waals surface area (Å²) >= 11 is 0. The lowest BCUT2D eigenvalue weighted by Gasteiger charge is -2.27. The van der Waals surface area contributed by atoms with Crippen LogP contribution in [0.1, 0.15) is 102 Å². The molecule has 0 saturated carbocycles. The van der Waals surface area contributed by atoms with Crippen molar-refractivity contribution in [2.75, 3.05) is 0 Å². The molecule has 0 saturated heterocycles. The lowest BCUT2D eigenvalue weighted by molar-refractivity contribution is 0.0216. The molecule has 3 aromatic rings. The first-order chi connectivity index (χ1) is 18.3. The molecular weight excluding hydrogens is 474 g/mol. The highest BCUT2D eigenvalue weighted by Crippen LogP contribution is 2.21. The fourth-order valence-electron chi connectivity index (χ4n) is 4.35. The smallest absolute Gasteiger partial charge is 0.410 e. The number of ether oxygens (including phenoxy) is 1. The van der Waals surface area contributed by atoms with Crippen LogP contribution in [0.2, 0.25) is 0 Å². The molecule has 1 heterocycles. The molecule has 0 unspecified atom stereocenters. The molecule has 206 valence electrons. The highest BCUT2D eigenvalue weighted by Gasteiger charge is 2.22. The van der Waals surface area contributed by atoms with Gasteiger partial charge in [0.25, 0.3) is 5.89 Å². The van der Waals surface area contributed by atoms with Crippen molar-refractivity contribution < 1.29 is 14.1 Å². The van der Waals surface area contributed by atoms with Gasteiger partial charge < -0.3 is 9.26 Å². The molecular formula is C32H45N3O3. The maximum Gasteiger partial charge on any atom is 0.410 e. The second kappa shape index (κ2) is 15.3. The summed E-state index contributed by atoms with van der Waals surface area (Å²) in [5, 5.41) is 4.18. The van der Waals surface area contributed by atoms with Crippen LogP contribution in [0.3, 0.4) is 0 Å². The van der Waals surface area contributed by atoms with Crippen LogP contribution in [0.5, 0.6) is 0 Å². The predicted octanol–water partition coefficient (Wildman–Crippen LogP) is 8.75. The first kappa shape index (κ1) is 29.4. The molecule has 0 bridgehead atoms. The fraction of sp³-hybridized carbons (Fsp3) is 0.531. The van der Waals surface area contributed by atoms with Gasteiger partial charge in [0.1, 0.15) is 5.60 Å². The summed E-state index contributed by atoms with van der Waals surface area (Å²) in [5.74, 6) is 1.31. The Labute approximate surface area is 228 Å². The summed E-state index contributed by atoms with van der Waals surface area (Å²) in [6.45, 7) is 8.83. The summed E-state index contributed by atoms with van der Waals surface area (Å²) in [4.78, 5) is 19.3. The van der Waals surface area contributed by atoms with E-state index in [1.54, 1.807) is 4.90 Å². The monoisotopic (exact) mass is 519 g/mol. The number of amides is 1. The zero-order chi connectivity index (χ0) is 27.2. The predicted molar refractivity (Wildman–Crippen MR) is 153 cm³/mol. The lowest BCUT2D eigenvalue weighted by Crippen LogP contribution is -2.36. The largest absolute Gasteiger partial charge is 0.444 e. The van der Waals surface area contributed by atoms with Crippen LogP contribution in [-0.2, 0) is 24.2 Å². The van der Waals surface area contributed by atoms with Gasteiger partial charge in [0, 0.05) is 25.1 Å². The molecule has 0 atom stereocenters. The first-order valence-corrected chi connectivity index (χ1v) is 14.3. The summed E-state index contributed by atoms with van der Waals surface area (Å²) in [7, 11) is 0. The third-order valence-electron chi connectivity index (χ3n) is 6.41. The Bertz CT molecular complexity index is 1070. The number of hydrogen-bond acceptors (Lipinski definition) is 5. The number of aromatic nitrogens is 2. The number of benzene rings is 2. The molecule has 0 fully saturated rings. The molecule has 1 amide bonds. The Morgan fingerprint density at radius 2 is 1.39 bits per heavy atom. The lowest BCUT2D eigenvalue weighted by atomic mass is 10.1. The standard InChI is InChI=1S/C32H45N3O3/c1-5-6-7-8-9-10-11-12-16-19-29-33-30(38-34-29)28-22-20-27(21-23-28)25-35(31(36)37-32(2,3)4)24-26-17-14-13-15-18-26/h13-15,17-18,20-23H,5-12,16,19,24-25H2,1-4H3. The number of rotatable bonds is 15. The van der Waals surface area contributed by atoms with Gasteiger partial charge in [-0.2, -0.15) is 4.98 Å². The fourth-order valence-corrected chi connectivity index (χ4v) is 4.35. The van der Waals surface area contributed by atoms with Crippen molar-refractivity contribution in [1.82, 2.24) is 15.0 Å². The van der Waals surface area contributed by atoms with Gasteiger partial charge in [0.15, 0.2) is 5.82 Å². The molecule has 1 aromatic heterocycles. The van der Waals surface area contributed by atoms with Crippen LogP contribution >= 0.6 is 0 Å². The molecule has 3 rings (SSSR count). The van der Waals surface area contributed by atoms with Gasteiger partial charge in [0.2, 0.25) is 0 Å². The maximum absolute atomic E-state index is 12.9. The van der Waals surface area contributed by atoms with Gasteiger partial charge in [-0.15, -0.1) is 0 Å². The van der Waals surface area contributed by atoms with Gasteiger partial charge in [-0.25, -0.2) is 4.79 Å². The molecule has 2 aromatic carbocycles. The molecule has 6 nitrogen and oxygen atoms in total. The van der Waals surface area contributed by atoms with Crippen molar-refractivity contribution in [2.24, 2.45) is 0 Å². The van der Waals surface area contributed by atoms with E-state index in [1.165, 1.54) is 51.4 Å². The van der Waals surface area contributed by atoms with Crippen LogP contribution in [0.4, 0.5) is 4.79 Å². The molecule has 0 radical (unpaired) electrons. The minimum absolute atomic E-state index is 0.330. The number of nitrogens with zero attached hydrogens (tertiary/aromatic N) is 3. The van der Waals surface area contributed by atoms with Crippen LogP contribution in [0.15, 0.2) is 59.1 Å². The van der Waals surface area contributed by atoms with Crippen LogP contribution < -0.4 is 0 Å². The Hall–Kier alpha value is -3.15. The van der Waals surface area contributed by atoms with E-state index < -0.39 is 5.60 Å². The SMILES string of the molecule is CCCCCCCCCCCc1noc(-c2ccc(CN(Cc3ccccc3)C(=O)OC(C)(C)C)cc2)n1. The quantitative estimate of drug-likeness (QED) is 0.188. The zero-order valence-corrected chi connectivity index (χ0v) is 23.7. The summed E-state index contributed by atoms with van der Waals surface area (Å²) in [6.07, 6.45) is 12.2. The minimum Gasteiger partial charge on any atom is -0.444 e. The Balaban J connectivity index is 1.51. The number of hydrogen-bond donors (Lipinski definition) is 0. The van der Waals surface area contributed by atoms with E-state index in [0.717, 1.165) is 35.4 Å². The van der Waals surface area contributed by atoms with Gasteiger partial charge in [-0.3, -0.25) is 4.90 Å². The molecule has 0 aliphatic carbocycles. The third-order valence-corrected chi connectivity index (χ3v) is 6.41. The first-order valence-electron chi connectivity index (χ1n) is 14.3. The van der Waals surface area contributed by atoms with Crippen LogP contribution in [-0.4, -0.2) is 26.7 Å². The zero-order valence-electron chi connectivity index (χ0n) is 23.7. The summed E-state index contributed by atoms with van der Waals surface area (Å²) in [6, 6.07) is 17.9. The topological polar surface area (TPSA) is 68.5 Å². The van der Waals surface area contributed by atoms with E-state index >= 15 is 0 Å². The molecule has 38 heavy (non-hydrogen) atoms. The summed E-state index contributed by atoms with van der Waals surface area (Å²) < 4.78 is 11.2. The van der Waals surface area contributed by atoms with Crippen LogP contribution in [0, 0.1) is 0 Å². The van der Waals surface area contributed by atoms with Crippen molar-refractivity contribution in [3.8, 4) is 11.5 Å². The minimum atomic E-state index is -0.556. The van der Waals surface area contributed by atoms with Gasteiger partial charge in [0.05, 0.1) is 0 Å². The highest BCUT2D eigenvalue weighted by atomic mass is 16.6. The van der Waals surface area contributed by atoms with Crippen molar-refractivity contribution in [3.05, 3.63) is 71.5 Å². The normalized spacial score (nSPS) is 11.5. The van der Waals surface area contributed by atoms with E-state index in [9.17, 15) is 4.79 Å². The number of unbranched alkanes of at least 4 members (excludes halogenated alkanes) is 8. The van der Waals surface area contributed by atoms with E-state index in [1.807, 2.05) is 75.4 Å². The van der Waals surface area contributed by atoms with E-state index in [4.69, 9.17) is 9.26 Å². The van der Waals surface area contributed by atoms with Crippen molar-refractivity contribution in [1.29, 1.82) is 0 Å². The van der Waals surface area contributed by atoms with Crippen LogP contribution in [0.25, 0.3) is 11.5 Å². The maximum atomic E-state index is 12.9. The Kier molecular flexibility index (Phi) is 11.8. The number of carbonyl (C=O) groups is 1. The van der Waals surface area contributed by atoms with Gasteiger partial charge >= 0.3 is 6.09 Å². The van der Waals surface area contributed by atoms with Gasteiger partial charge in [-0.05, 0) is 50.5 Å². The summed E-state index contributed by atoms with van der Waals surface area (Å²) in [5.41, 5.74) is 2.39.